The first-order chi connectivity index (χ1) is 19.8. The number of hydrogen-bond acceptors (Lipinski definition) is 7. The zero-order chi connectivity index (χ0) is 29.6. The third kappa shape index (κ3) is 10.3. The Balaban J connectivity index is 1.47. The monoisotopic (exact) mass is 558 g/mol. The van der Waals surface area contributed by atoms with Crippen molar-refractivity contribution in [2.45, 2.75) is 59.0 Å². The molecule has 0 aromatic heterocycles. The van der Waals surface area contributed by atoms with Crippen LogP contribution >= 0.6 is 0 Å². The molecule has 3 aromatic rings. The van der Waals surface area contributed by atoms with E-state index in [1.165, 1.54) is 12.8 Å². The molecule has 0 aliphatic heterocycles. The van der Waals surface area contributed by atoms with Crippen LogP contribution in [0.25, 0.3) is 11.1 Å². The number of benzene rings is 3. The van der Waals surface area contributed by atoms with Crippen LogP contribution in [0.15, 0.2) is 84.9 Å². The molecule has 0 radical (unpaired) electrons. The van der Waals surface area contributed by atoms with Crippen LogP contribution in [0.2, 0.25) is 0 Å². The molecule has 0 bridgehead atoms. The minimum Gasteiger partial charge on any atom is -0.490 e. The first-order valence-electron chi connectivity index (χ1n) is 14.0. The number of unbranched alkanes of at least 4 members (excludes halogenated alkanes) is 3. The van der Waals surface area contributed by atoms with Crippen LogP contribution in [0.4, 0.5) is 0 Å². The summed E-state index contributed by atoms with van der Waals surface area (Å²) >= 11 is 0. The zero-order valence-corrected chi connectivity index (χ0v) is 24.0. The lowest BCUT2D eigenvalue weighted by Gasteiger charge is -2.13. The van der Waals surface area contributed by atoms with E-state index in [0.717, 1.165) is 30.4 Å². The molecule has 0 aliphatic carbocycles. The smallest absolute Gasteiger partial charge is 0.343 e. The number of ether oxygens (including phenoxy) is 4. The summed E-state index contributed by atoms with van der Waals surface area (Å²) in [6.45, 7) is 9.48. The Labute approximate surface area is 242 Å². The summed E-state index contributed by atoms with van der Waals surface area (Å²) in [5.74, 6) is -0.333. The van der Waals surface area contributed by atoms with Crippen LogP contribution in [0.1, 0.15) is 73.6 Å². The maximum Gasteiger partial charge on any atom is 0.343 e. The minimum atomic E-state index is -0.498. The lowest BCUT2D eigenvalue weighted by Crippen LogP contribution is -2.15. The number of esters is 3. The molecule has 0 fully saturated rings. The summed E-state index contributed by atoms with van der Waals surface area (Å²) in [5.41, 5.74) is 3.06. The van der Waals surface area contributed by atoms with Crippen molar-refractivity contribution in [2.24, 2.45) is 0 Å². The normalized spacial score (nSPS) is 11.3. The average Bonchev–Trinajstić information content (AvgIpc) is 2.98. The van der Waals surface area contributed by atoms with Gasteiger partial charge in [0.2, 0.25) is 0 Å². The predicted molar refractivity (Wildman–Crippen MR) is 158 cm³/mol. The molecule has 0 saturated carbocycles. The van der Waals surface area contributed by atoms with Crippen molar-refractivity contribution in [1.82, 2.24) is 0 Å². The van der Waals surface area contributed by atoms with E-state index in [-0.39, 0.29) is 25.3 Å². The van der Waals surface area contributed by atoms with Crippen molar-refractivity contribution < 1.29 is 33.3 Å². The van der Waals surface area contributed by atoms with Gasteiger partial charge >= 0.3 is 17.9 Å². The first kappa shape index (κ1) is 31.1. The molecular formula is C34H38O7. The van der Waals surface area contributed by atoms with Crippen LogP contribution < -0.4 is 9.47 Å². The largest absolute Gasteiger partial charge is 0.490 e. The predicted octanol–water partition coefficient (Wildman–Crippen LogP) is 7.59. The summed E-state index contributed by atoms with van der Waals surface area (Å²) in [7, 11) is 0. The molecular weight excluding hydrogens is 520 g/mol. The van der Waals surface area contributed by atoms with Crippen LogP contribution in [0, 0.1) is 0 Å². The van der Waals surface area contributed by atoms with Crippen LogP contribution in [0.3, 0.4) is 0 Å². The Hall–Kier alpha value is -4.39. The molecule has 3 aromatic carbocycles. The topological polar surface area (TPSA) is 88.1 Å². The second-order valence-corrected chi connectivity index (χ2v) is 9.85. The van der Waals surface area contributed by atoms with E-state index >= 15 is 0 Å². The third-order valence-corrected chi connectivity index (χ3v) is 6.31. The highest BCUT2D eigenvalue weighted by molar-refractivity contribution is 5.91. The fraction of sp³-hybridized carbons (Fsp3) is 0.324. The highest BCUT2D eigenvalue weighted by Crippen LogP contribution is 2.24. The molecule has 41 heavy (non-hydrogen) atoms. The lowest BCUT2D eigenvalue weighted by molar-refractivity contribution is -0.139. The molecule has 7 heteroatoms. The SMILES string of the molecule is C=C(C)C(=O)OCCOc1ccc(C(=O)Oc2ccc(-c3ccc(C(=O)O[C@@H](C)CCCCCC)cc3)cc2)cc1. The van der Waals surface area contributed by atoms with Gasteiger partial charge in [-0.15, -0.1) is 0 Å². The molecule has 0 spiro atoms. The Morgan fingerprint density at radius 1 is 0.732 bits per heavy atom. The van der Waals surface area contributed by atoms with Gasteiger partial charge in [-0.05, 0) is 86.3 Å². The quantitative estimate of drug-likeness (QED) is 0.0822. The highest BCUT2D eigenvalue weighted by atomic mass is 16.6. The number of hydrogen-bond donors (Lipinski definition) is 0. The van der Waals surface area contributed by atoms with Crippen molar-refractivity contribution in [3.05, 3.63) is 96.1 Å². The summed E-state index contributed by atoms with van der Waals surface area (Å²) in [6.07, 6.45) is 5.37. The van der Waals surface area contributed by atoms with Gasteiger partial charge in [-0.3, -0.25) is 0 Å². The molecule has 216 valence electrons. The average molecular weight is 559 g/mol. The molecule has 0 aliphatic rings. The molecule has 3 rings (SSSR count). The van der Waals surface area contributed by atoms with Crippen LogP contribution in [0.5, 0.6) is 11.5 Å². The maximum absolute atomic E-state index is 12.6. The van der Waals surface area contributed by atoms with E-state index in [1.54, 1.807) is 55.5 Å². The fourth-order valence-corrected chi connectivity index (χ4v) is 3.95. The van der Waals surface area contributed by atoms with Crippen molar-refractivity contribution in [2.75, 3.05) is 13.2 Å². The molecule has 0 heterocycles. The van der Waals surface area contributed by atoms with Crippen LogP contribution in [-0.2, 0) is 14.3 Å². The first-order valence-corrected chi connectivity index (χ1v) is 14.0. The maximum atomic E-state index is 12.6. The standard InChI is InChI=1S/C34H38O7/c1-5-6-7-8-9-25(4)40-33(36)28-12-10-26(11-13-28)27-14-20-31(21-15-27)41-34(37)29-16-18-30(19-17-29)38-22-23-39-32(35)24(2)3/h10-21,25H,2,5-9,22-23H2,1,3-4H3/t25-/m0/s1. The molecule has 1 atom stereocenters. The van der Waals surface area contributed by atoms with E-state index in [2.05, 4.69) is 13.5 Å². The molecule has 7 nitrogen and oxygen atoms in total. The summed E-state index contributed by atoms with van der Waals surface area (Å²) in [5, 5.41) is 0. The van der Waals surface area contributed by atoms with E-state index in [0.29, 0.717) is 28.2 Å². The molecule has 0 N–H and O–H groups in total. The summed E-state index contributed by atoms with van der Waals surface area (Å²) in [6, 6.07) is 20.9. The highest BCUT2D eigenvalue weighted by Gasteiger charge is 2.13. The van der Waals surface area contributed by atoms with Crippen molar-refractivity contribution >= 4 is 17.9 Å². The van der Waals surface area contributed by atoms with Crippen molar-refractivity contribution in [1.29, 1.82) is 0 Å². The van der Waals surface area contributed by atoms with E-state index < -0.39 is 11.9 Å². The minimum absolute atomic E-state index is 0.0979. The van der Waals surface area contributed by atoms with Gasteiger partial charge in [-0.25, -0.2) is 14.4 Å². The zero-order valence-electron chi connectivity index (χ0n) is 24.0. The van der Waals surface area contributed by atoms with Gasteiger partial charge in [0.05, 0.1) is 17.2 Å². The molecule has 0 amide bonds. The fourth-order valence-electron chi connectivity index (χ4n) is 3.95. The van der Waals surface area contributed by atoms with Crippen molar-refractivity contribution in [3.63, 3.8) is 0 Å². The number of carbonyl (C=O) groups is 3. The van der Waals surface area contributed by atoms with Crippen LogP contribution in [-0.4, -0.2) is 37.2 Å². The molecule has 0 saturated heterocycles. The second-order valence-electron chi connectivity index (χ2n) is 9.85. The van der Waals surface area contributed by atoms with E-state index in [4.69, 9.17) is 18.9 Å². The van der Waals surface area contributed by atoms with Gasteiger partial charge in [0.15, 0.2) is 0 Å². The van der Waals surface area contributed by atoms with Gasteiger partial charge in [0, 0.05) is 5.57 Å². The Morgan fingerprint density at radius 2 is 1.29 bits per heavy atom. The van der Waals surface area contributed by atoms with Gasteiger partial charge in [-0.2, -0.15) is 0 Å². The van der Waals surface area contributed by atoms with E-state index in [9.17, 15) is 14.4 Å². The summed E-state index contributed by atoms with van der Waals surface area (Å²) in [4.78, 5) is 36.4. The molecule has 0 unspecified atom stereocenters. The Bertz CT molecular complexity index is 1290. The second kappa shape index (κ2) is 16.0. The third-order valence-electron chi connectivity index (χ3n) is 6.31. The van der Waals surface area contributed by atoms with Gasteiger partial charge in [0.1, 0.15) is 24.7 Å². The van der Waals surface area contributed by atoms with Gasteiger partial charge in [-0.1, -0.05) is 57.0 Å². The van der Waals surface area contributed by atoms with Gasteiger partial charge in [0.25, 0.3) is 0 Å². The van der Waals surface area contributed by atoms with Gasteiger partial charge < -0.3 is 18.9 Å². The Morgan fingerprint density at radius 3 is 1.90 bits per heavy atom. The Kier molecular flexibility index (Phi) is 12.2. The van der Waals surface area contributed by atoms with Crippen molar-refractivity contribution in [3.8, 4) is 22.6 Å². The number of carbonyl (C=O) groups excluding carboxylic acids is 3. The lowest BCUT2D eigenvalue weighted by atomic mass is 10.0. The van der Waals surface area contributed by atoms with E-state index in [1.807, 2.05) is 31.2 Å². The number of rotatable bonds is 15. The summed E-state index contributed by atoms with van der Waals surface area (Å²) < 4.78 is 21.6.